The summed E-state index contributed by atoms with van der Waals surface area (Å²) in [6, 6.07) is -0.581. The molecule has 1 aliphatic rings. The van der Waals surface area contributed by atoms with Gasteiger partial charge in [-0.3, -0.25) is 0 Å². The lowest BCUT2D eigenvalue weighted by atomic mass is 9.93. The molecule has 0 aromatic heterocycles. The maximum atomic E-state index is 9.94. The number of aliphatic hydroxyl groups excluding tert-OH is 1. The highest BCUT2D eigenvalue weighted by Crippen LogP contribution is 2.23. The molecule has 0 saturated carbocycles. The van der Waals surface area contributed by atoms with Crippen molar-refractivity contribution in [2.45, 2.75) is 44.3 Å². The molecule has 0 bridgehead atoms. The van der Waals surface area contributed by atoms with Crippen LogP contribution in [0.25, 0.3) is 0 Å². The second-order valence-electron chi connectivity index (χ2n) is 4.05. The SMILES string of the molecule is [B][C@@H]1O[C@H](COC(C)C)C(O)C1OCSC. The van der Waals surface area contributed by atoms with Crippen LogP contribution in [0.3, 0.4) is 0 Å². The Labute approximate surface area is 102 Å². The molecule has 6 heteroatoms. The molecule has 2 radical (unpaired) electrons. The summed E-state index contributed by atoms with van der Waals surface area (Å²) in [5.41, 5.74) is 0. The van der Waals surface area contributed by atoms with Gasteiger partial charge < -0.3 is 19.3 Å². The lowest BCUT2D eigenvalue weighted by Crippen LogP contribution is -2.37. The van der Waals surface area contributed by atoms with Crippen LogP contribution in [0.5, 0.6) is 0 Å². The minimum absolute atomic E-state index is 0.109. The molecule has 1 rings (SSSR count). The van der Waals surface area contributed by atoms with Gasteiger partial charge in [0.25, 0.3) is 0 Å². The Morgan fingerprint density at radius 1 is 1.50 bits per heavy atom. The van der Waals surface area contributed by atoms with Crippen molar-refractivity contribution in [3.63, 3.8) is 0 Å². The first-order valence-corrected chi connectivity index (χ1v) is 6.77. The van der Waals surface area contributed by atoms with Crippen LogP contribution in [0.1, 0.15) is 13.8 Å². The fourth-order valence-corrected chi connectivity index (χ4v) is 1.82. The van der Waals surface area contributed by atoms with Crippen molar-refractivity contribution in [1.82, 2.24) is 0 Å². The van der Waals surface area contributed by atoms with Crippen molar-refractivity contribution >= 4 is 19.6 Å². The third kappa shape index (κ3) is 3.93. The number of hydrogen-bond acceptors (Lipinski definition) is 5. The average Bonchev–Trinajstić information content (AvgIpc) is 2.49. The van der Waals surface area contributed by atoms with E-state index in [4.69, 9.17) is 22.1 Å². The van der Waals surface area contributed by atoms with Gasteiger partial charge in [-0.2, -0.15) is 0 Å². The summed E-state index contributed by atoms with van der Waals surface area (Å²) in [5, 5.41) is 9.94. The lowest BCUT2D eigenvalue weighted by Gasteiger charge is -2.19. The van der Waals surface area contributed by atoms with Gasteiger partial charge in [0.15, 0.2) is 0 Å². The quantitative estimate of drug-likeness (QED) is 0.542. The molecule has 0 spiro atoms. The van der Waals surface area contributed by atoms with E-state index < -0.39 is 24.3 Å². The topological polar surface area (TPSA) is 47.9 Å². The zero-order chi connectivity index (χ0) is 12.1. The molecule has 1 aliphatic heterocycles. The van der Waals surface area contributed by atoms with Crippen molar-refractivity contribution in [2.75, 3.05) is 18.8 Å². The second kappa shape index (κ2) is 6.86. The molecule has 16 heavy (non-hydrogen) atoms. The third-order valence-corrected chi connectivity index (χ3v) is 2.72. The lowest BCUT2D eigenvalue weighted by molar-refractivity contribution is -0.0509. The van der Waals surface area contributed by atoms with Gasteiger partial charge in [-0.1, -0.05) is 0 Å². The van der Waals surface area contributed by atoms with Gasteiger partial charge in [0.2, 0.25) is 0 Å². The fourth-order valence-electron chi connectivity index (χ4n) is 1.53. The Morgan fingerprint density at radius 3 is 2.75 bits per heavy atom. The van der Waals surface area contributed by atoms with E-state index in [1.54, 1.807) is 0 Å². The average molecular weight is 246 g/mol. The number of rotatable bonds is 6. The summed E-state index contributed by atoms with van der Waals surface area (Å²) in [6.45, 7) is 4.21. The van der Waals surface area contributed by atoms with Crippen LogP contribution < -0.4 is 0 Å². The van der Waals surface area contributed by atoms with Crippen LogP contribution in [0.15, 0.2) is 0 Å². The molecular weight excluding hydrogens is 227 g/mol. The molecule has 1 N–H and O–H groups in total. The zero-order valence-electron chi connectivity index (χ0n) is 9.96. The maximum Gasteiger partial charge on any atom is 0.112 e. The van der Waals surface area contributed by atoms with E-state index >= 15 is 0 Å². The zero-order valence-corrected chi connectivity index (χ0v) is 10.8. The summed E-state index contributed by atoms with van der Waals surface area (Å²) in [4.78, 5) is 0. The van der Waals surface area contributed by atoms with E-state index in [1.807, 2.05) is 20.1 Å². The Bertz CT molecular complexity index is 205. The first-order valence-electron chi connectivity index (χ1n) is 5.37. The van der Waals surface area contributed by atoms with E-state index in [1.165, 1.54) is 11.8 Å². The van der Waals surface area contributed by atoms with E-state index in [-0.39, 0.29) is 6.10 Å². The number of ether oxygens (including phenoxy) is 3. The Balaban J connectivity index is 2.39. The van der Waals surface area contributed by atoms with Crippen molar-refractivity contribution in [2.24, 2.45) is 0 Å². The summed E-state index contributed by atoms with van der Waals surface area (Å²) < 4.78 is 16.2. The van der Waals surface area contributed by atoms with E-state index in [0.717, 1.165) is 0 Å². The number of hydrogen-bond donors (Lipinski definition) is 1. The van der Waals surface area contributed by atoms with Crippen LogP contribution in [0, 0.1) is 0 Å². The maximum absolute atomic E-state index is 9.94. The fraction of sp³-hybridized carbons (Fsp3) is 1.00. The van der Waals surface area contributed by atoms with E-state index in [2.05, 4.69) is 0 Å². The predicted molar refractivity (Wildman–Crippen MR) is 64.8 cm³/mol. The van der Waals surface area contributed by atoms with Crippen LogP contribution in [0.4, 0.5) is 0 Å². The minimum atomic E-state index is -0.721. The molecule has 0 aliphatic carbocycles. The molecule has 0 amide bonds. The van der Waals surface area contributed by atoms with Gasteiger partial charge in [-0.15, -0.1) is 11.8 Å². The monoisotopic (exact) mass is 246 g/mol. The molecule has 92 valence electrons. The normalized spacial score (nSPS) is 34.8. The highest BCUT2D eigenvalue weighted by molar-refractivity contribution is 7.98. The van der Waals surface area contributed by atoms with Crippen molar-refractivity contribution in [3.8, 4) is 0 Å². The Hall–Kier alpha value is 0.255. The molecular formula is C10H19BO4S. The third-order valence-electron chi connectivity index (χ3n) is 2.35. The Kier molecular flexibility index (Phi) is 6.14. The van der Waals surface area contributed by atoms with Gasteiger partial charge in [-0.05, 0) is 20.1 Å². The highest BCUT2D eigenvalue weighted by Gasteiger charge is 2.41. The number of aliphatic hydroxyl groups is 1. The van der Waals surface area contributed by atoms with Crippen LogP contribution in [-0.2, 0) is 14.2 Å². The van der Waals surface area contributed by atoms with E-state index in [9.17, 15) is 5.11 Å². The van der Waals surface area contributed by atoms with Gasteiger partial charge in [0.05, 0.1) is 18.6 Å². The standard InChI is InChI=1S/C10H19BO4S/c1-6(2)13-4-7-8(12)9(10(11)15-7)14-5-16-3/h6-10,12H,4-5H2,1-3H3/t7-,8?,9?,10-/m1/s1. The number of thioether (sulfide) groups is 1. The molecule has 1 fully saturated rings. The van der Waals surface area contributed by atoms with Gasteiger partial charge >= 0.3 is 0 Å². The van der Waals surface area contributed by atoms with Gasteiger partial charge in [0, 0.05) is 6.00 Å². The molecule has 4 atom stereocenters. The van der Waals surface area contributed by atoms with Crippen LogP contribution >= 0.6 is 11.8 Å². The van der Waals surface area contributed by atoms with Crippen molar-refractivity contribution < 1.29 is 19.3 Å². The molecule has 4 nitrogen and oxygen atoms in total. The van der Waals surface area contributed by atoms with Crippen molar-refractivity contribution in [1.29, 1.82) is 0 Å². The first kappa shape index (κ1) is 14.3. The second-order valence-corrected chi connectivity index (χ2v) is 4.86. The molecule has 1 heterocycles. The predicted octanol–water partition coefficient (Wildman–Crippen LogP) is 0.371. The smallest absolute Gasteiger partial charge is 0.112 e. The Morgan fingerprint density at radius 2 is 2.19 bits per heavy atom. The summed E-state index contributed by atoms with van der Waals surface area (Å²) in [7, 11) is 5.73. The molecule has 0 aromatic carbocycles. The molecule has 2 unspecified atom stereocenters. The van der Waals surface area contributed by atoms with E-state index in [0.29, 0.717) is 12.5 Å². The highest BCUT2D eigenvalue weighted by atomic mass is 32.2. The van der Waals surface area contributed by atoms with Gasteiger partial charge in [-0.25, -0.2) is 0 Å². The molecule has 1 saturated heterocycles. The first-order chi connectivity index (χ1) is 7.56. The summed E-state index contributed by atoms with van der Waals surface area (Å²) >= 11 is 1.54. The minimum Gasteiger partial charge on any atom is -0.388 e. The molecule has 0 aromatic rings. The summed E-state index contributed by atoms with van der Waals surface area (Å²) in [6.07, 6.45) is 0.448. The summed E-state index contributed by atoms with van der Waals surface area (Å²) in [5.74, 6) is 0.497. The largest absolute Gasteiger partial charge is 0.388 e. The van der Waals surface area contributed by atoms with Crippen LogP contribution in [0.2, 0.25) is 0 Å². The van der Waals surface area contributed by atoms with Crippen molar-refractivity contribution in [3.05, 3.63) is 0 Å². The van der Waals surface area contributed by atoms with Gasteiger partial charge in [0.1, 0.15) is 26.2 Å². The van der Waals surface area contributed by atoms with Crippen LogP contribution in [-0.4, -0.2) is 62.2 Å².